The van der Waals surface area contributed by atoms with Crippen molar-refractivity contribution in [2.75, 3.05) is 18.4 Å². The van der Waals surface area contributed by atoms with Gasteiger partial charge < -0.3 is 31.1 Å². The number of nitrogens with two attached hydrogens (primary N) is 1. The summed E-state index contributed by atoms with van der Waals surface area (Å²) >= 11 is 11.3. The molecule has 1 saturated heterocycles. The predicted octanol–water partition coefficient (Wildman–Crippen LogP) is 2.21. The van der Waals surface area contributed by atoms with Crippen molar-refractivity contribution >= 4 is 60.1 Å². The van der Waals surface area contributed by atoms with Crippen LogP contribution in [0.4, 0.5) is 5.69 Å². The van der Waals surface area contributed by atoms with Gasteiger partial charge in [0.15, 0.2) is 5.11 Å². The highest BCUT2D eigenvalue weighted by molar-refractivity contribution is 7.80. The van der Waals surface area contributed by atoms with E-state index in [1.54, 1.807) is 12.1 Å². The molecular weight excluding hydrogens is 424 g/mol. The molecule has 156 valence electrons. The van der Waals surface area contributed by atoms with Crippen molar-refractivity contribution in [1.82, 2.24) is 4.90 Å². The third-order valence-corrected chi connectivity index (χ3v) is 5.61. The summed E-state index contributed by atoms with van der Waals surface area (Å²) in [7, 11) is -1.37. The van der Waals surface area contributed by atoms with E-state index in [1.807, 2.05) is 17.0 Å². The smallest absolute Gasteiger partial charge is 0.451 e. The molecule has 1 aliphatic heterocycles. The number of unbranched alkanes of at least 4 members (excludes halogenated alkanes) is 1. The van der Waals surface area contributed by atoms with Crippen molar-refractivity contribution < 1.29 is 19.9 Å². The number of likely N-dealkylation sites (tertiary alicyclic amines) is 1. The molecule has 11 heteroatoms. The van der Waals surface area contributed by atoms with E-state index >= 15 is 0 Å². The second-order valence-electron chi connectivity index (χ2n) is 6.94. The molecule has 0 aromatic heterocycles. The molecule has 0 amide bonds. The fraction of sp³-hybridized carbons (Fsp3) is 0.529. The molecule has 1 aromatic rings. The van der Waals surface area contributed by atoms with Crippen LogP contribution in [0.2, 0.25) is 11.3 Å². The second kappa shape index (κ2) is 11.2. The second-order valence-corrected chi connectivity index (χ2v) is 7.76. The number of benzene rings is 1. The Morgan fingerprint density at radius 3 is 2.57 bits per heavy atom. The maximum Gasteiger partial charge on any atom is 0.451 e. The van der Waals surface area contributed by atoms with Crippen LogP contribution in [-0.4, -0.2) is 56.9 Å². The van der Waals surface area contributed by atoms with Crippen molar-refractivity contribution in [2.45, 2.75) is 37.5 Å². The van der Waals surface area contributed by atoms with E-state index in [4.69, 9.17) is 39.6 Å². The van der Waals surface area contributed by atoms with Gasteiger partial charge in [-0.25, -0.2) is 0 Å². The molecule has 2 unspecified atom stereocenters. The van der Waals surface area contributed by atoms with Gasteiger partial charge in [-0.05, 0) is 55.6 Å². The molecule has 2 atom stereocenters. The number of aliphatic carboxylic acids is 1. The number of anilines is 1. The molecule has 0 saturated carbocycles. The van der Waals surface area contributed by atoms with Gasteiger partial charge in [0, 0.05) is 29.7 Å². The fourth-order valence-electron chi connectivity index (χ4n) is 3.33. The number of thiocarbonyl (C=S) groups is 1. The molecule has 1 aromatic carbocycles. The average Bonchev–Trinajstić information content (AvgIpc) is 3.11. The van der Waals surface area contributed by atoms with Gasteiger partial charge in [0.05, 0.1) is 0 Å². The van der Waals surface area contributed by atoms with E-state index in [9.17, 15) is 9.90 Å². The first-order valence-corrected chi connectivity index (χ1v) is 9.71. The van der Waals surface area contributed by atoms with Crippen LogP contribution < -0.4 is 11.1 Å². The number of carboxylic acids is 1. The van der Waals surface area contributed by atoms with Crippen LogP contribution in [0.5, 0.6) is 0 Å². The highest BCUT2D eigenvalue weighted by atomic mass is 35.5. The minimum Gasteiger partial charge on any atom is -0.480 e. The van der Waals surface area contributed by atoms with Crippen LogP contribution >= 0.6 is 36.2 Å². The fourth-order valence-corrected chi connectivity index (χ4v) is 3.74. The number of carboxylic acid groups (broad SMARTS) is 1. The Kier molecular flexibility index (Phi) is 9.96. The van der Waals surface area contributed by atoms with Gasteiger partial charge in [-0.15, -0.1) is 12.4 Å². The van der Waals surface area contributed by atoms with E-state index in [0.717, 1.165) is 5.69 Å². The van der Waals surface area contributed by atoms with Gasteiger partial charge >= 0.3 is 13.1 Å². The summed E-state index contributed by atoms with van der Waals surface area (Å²) < 4.78 is 0. The third-order valence-electron chi connectivity index (χ3n) is 5.00. The van der Waals surface area contributed by atoms with Crippen molar-refractivity contribution in [1.29, 1.82) is 0 Å². The lowest BCUT2D eigenvalue weighted by Crippen LogP contribution is -2.55. The number of hydrogen-bond donors (Lipinski definition) is 5. The van der Waals surface area contributed by atoms with Gasteiger partial charge in [-0.3, -0.25) is 4.79 Å². The van der Waals surface area contributed by atoms with Crippen molar-refractivity contribution in [3.8, 4) is 0 Å². The summed E-state index contributed by atoms with van der Waals surface area (Å²) in [5, 5.41) is 31.8. The average molecular weight is 450 g/mol. The van der Waals surface area contributed by atoms with Crippen LogP contribution in [0.1, 0.15) is 25.7 Å². The van der Waals surface area contributed by atoms with Gasteiger partial charge in [0.1, 0.15) is 5.54 Å². The van der Waals surface area contributed by atoms with Crippen LogP contribution in [0.15, 0.2) is 24.3 Å². The molecule has 6 N–H and O–H groups in total. The molecule has 0 radical (unpaired) electrons. The van der Waals surface area contributed by atoms with Crippen LogP contribution in [-0.2, 0) is 4.79 Å². The summed E-state index contributed by atoms with van der Waals surface area (Å²) in [5.74, 6) is -1.27. The summed E-state index contributed by atoms with van der Waals surface area (Å²) in [6.07, 6.45) is 2.15. The lowest BCUT2D eigenvalue weighted by Gasteiger charge is -2.31. The molecular formula is C17H26BCl2N3O4S. The van der Waals surface area contributed by atoms with Crippen molar-refractivity contribution in [2.24, 2.45) is 11.7 Å². The zero-order valence-electron chi connectivity index (χ0n) is 15.4. The van der Waals surface area contributed by atoms with Crippen LogP contribution in [0.3, 0.4) is 0 Å². The van der Waals surface area contributed by atoms with Crippen molar-refractivity contribution in [3.63, 3.8) is 0 Å². The maximum absolute atomic E-state index is 11.8. The first kappa shape index (κ1) is 24.9. The minimum absolute atomic E-state index is 0. The SMILES string of the molecule is Cl.NC(CCCCB(O)O)(C(=O)O)C1CCN(C(=S)Nc2ccc(Cl)cc2)C1. The molecule has 0 spiro atoms. The molecule has 1 aliphatic rings. The largest absolute Gasteiger partial charge is 0.480 e. The standard InChI is InChI=1S/C17H25BClN3O4S.ClH/c19-13-3-5-14(6-4-13)21-16(27)22-10-7-12(11-22)17(20,15(23)24)8-1-2-9-18(25)26;/h3-6,12,25-26H,1-2,7-11,20H2,(H,21,27)(H,23,24);1H. The van der Waals surface area contributed by atoms with Crippen molar-refractivity contribution in [3.05, 3.63) is 29.3 Å². The first-order valence-electron chi connectivity index (χ1n) is 8.92. The molecule has 28 heavy (non-hydrogen) atoms. The quantitative estimate of drug-likeness (QED) is 0.233. The predicted molar refractivity (Wildman–Crippen MR) is 118 cm³/mol. The number of carbonyl (C=O) groups is 1. The maximum atomic E-state index is 11.8. The Balaban J connectivity index is 0.00000392. The summed E-state index contributed by atoms with van der Waals surface area (Å²) in [6, 6.07) is 7.17. The van der Waals surface area contributed by atoms with E-state index in [-0.39, 0.29) is 31.1 Å². The van der Waals surface area contributed by atoms with Gasteiger partial charge in [-0.1, -0.05) is 24.4 Å². The molecule has 1 fully saturated rings. The molecule has 2 rings (SSSR count). The third kappa shape index (κ3) is 6.75. The molecule has 0 aliphatic carbocycles. The Morgan fingerprint density at radius 2 is 2.00 bits per heavy atom. The van der Waals surface area contributed by atoms with Crippen LogP contribution in [0.25, 0.3) is 0 Å². The summed E-state index contributed by atoms with van der Waals surface area (Å²) in [4.78, 5) is 13.8. The Labute approximate surface area is 181 Å². The van der Waals surface area contributed by atoms with E-state index < -0.39 is 18.6 Å². The Hall–Kier alpha value is -1.10. The monoisotopic (exact) mass is 449 g/mol. The number of rotatable bonds is 8. The topological polar surface area (TPSA) is 119 Å². The Morgan fingerprint density at radius 1 is 1.36 bits per heavy atom. The Bertz CT molecular complexity index is 668. The van der Waals surface area contributed by atoms with E-state index in [1.165, 1.54) is 0 Å². The zero-order chi connectivity index (χ0) is 20.0. The van der Waals surface area contributed by atoms with Crippen LogP contribution in [0, 0.1) is 5.92 Å². The lowest BCUT2D eigenvalue weighted by molar-refractivity contribution is -0.145. The minimum atomic E-state index is -1.37. The molecule has 0 bridgehead atoms. The van der Waals surface area contributed by atoms with Gasteiger partial charge in [0.2, 0.25) is 0 Å². The van der Waals surface area contributed by atoms with Gasteiger partial charge in [-0.2, -0.15) is 0 Å². The zero-order valence-corrected chi connectivity index (χ0v) is 17.8. The first-order chi connectivity index (χ1) is 12.7. The number of hydrogen-bond acceptors (Lipinski definition) is 5. The van der Waals surface area contributed by atoms with Gasteiger partial charge in [0.25, 0.3) is 0 Å². The van der Waals surface area contributed by atoms with E-state index in [0.29, 0.717) is 42.5 Å². The highest BCUT2D eigenvalue weighted by Gasteiger charge is 2.45. The number of halogens is 2. The number of nitrogens with zero attached hydrogens (tertiary/aromatic N) is 1. The molecule has 7 nitrogen and oxygen atoms in total. The normalized spacial score (nSPS) is 18.1. The highest BCUT2D eigenvalue weighted by Crippen LogP contribution is 2.31. The summed E-state index contributed by atoms with van der Waals surface area (Å²) in [5.41, 5.74) is 5.72. The number of nitrogens with one attached hydrogen (secondary N) is 1. The van der Waals surface area contributed by atoms with E-state index in [2.05, 4.69) is 5.32 Å². The lowest BCUT2D eigenvalue weighted by atomic mass is 9.77. The summed E-state index contributed by atoms with van der Waals surface area (Å²) in [6.45, 7) is 1.09. The molecule has 1 heterocycles.